The van der Waals surface area contributed by atoms with Crippen molar-refractivity contribution in [2.75, 3.05) is 5.73 Å². The average Bonchev–Trinajstić information content (AvgIpc) is 2.59. The van der Waals surface area contributed by atoms with E-state index in [-0.39, 0.29) is 0 Å². The molecule has 0 amide bonds. The van der Waals surface area contributed by atoms with Gasteiger partial charge in [-0.15, -0.1) is 0 Å². The maximum Gasteiger partial charge on any atom is 0.148 e. The van der Waals surface area contributed by atoms with Gasteiger partial charge in [-0.1, -0.05) is 0 Å². The molecule has 0 saturated carbocycles. The zero-order chi connectivity index (χ0) is 11.0. The summed E-state index contributed by atoms with van der Waals surface area (Å²) in [7, 11) is 1.92. The lowest BCUT2D eigenvalue weighted by Crippen LogP contribution is -2.01. The van der Waals surface area contributed by atoms with Crippen LogP contribution in [0.3, 0.4) is 0 Å². The van der Waals surface area contributed by atoms with E-state index in [4.69, 9.17) is 5.73 Å². The summed E-state index contributed by atoms with van der Waals surface area (Å²) in [5.74, 6) is 0.594. The first-order valence-electron chi connectivity index (χ1n) is 4.85. The van der Waals surface area contributed by atoms with E-state index < -0.39 is 0 Å². The third kappa shape index (κ3) is 1.86. The number of aryl methyl sites for hydroxylation is 3. The molecule has 0 unspecified atom stereocenters. The maximum atomic E-state index is 5.68. The SMILES string of the molecule is Cc1cn(Cc2cn(C)nc2C)nc1N. The lowest BCUT2D eigenvalue weighted by Gasteiger charge is -1.98. The van der Waals surface area contributed by atoms with Crippen LogP contribution in [0, 0.1) is 13.8 Å². The van der Waals surface area contributed by atoms with Gasteiger partial charge in [0, 0.05) is 30.6 Å². The van der Waals surface area contributed by atoms with Gasteiger partial charge in [-0.25, -0.2) is 0 Å². The summed E-state index contributed by atoms with van der Waals surface area (Å²) in [5.41, 5.74) is 8.89. The van der Waals surface area contributed by atoms with Crippen LogP contribution >= 0.6 is 0 Å². The molecule has 5 nitrogen and oxygen atoms in total. The number of nitrogens with two attached hydrogens (primary N) is 1. The third-order valence-electron chi connectivity index (χ3n) is 2.43. The molecule has 0 atom stereocenters. The van der Waals surface area contributed by atoms with Crippen molar-refractivity contribution in [1.29, 1.82) is 0 Å². The van der Waals surface area contributed by atoms with Crippen LogP contribution in [-0.2, 0) is 13.6 Å². The lowest BCUT2D eigenvalue weighted by atomic mass is 10.3. The summed E-state index contributed by atoms with van der Waals surface area (Å²) in [6.07, 6.45) is 3.95. The zero-order valence-corrected chi connectivity index (χ0v) is 9.23. The highest BCUT2D eigenvalue weighted by molar-refractivity contribution is 5.36. The van der Waals surface area contributed by atoms with E-state index in [1.54, 1.807) is 0 Å². The number of anilines is 1. The summed E-state index contributed by atoms with van der Waals surface area (Å²) in [6.45, 7) is 4.67. The van der Waals surface area contributed by atoms with E-state index in [2.05, 4.69) is 10.2 Å². The molecule has 0 bridgehead atoms. The van der Waals surface area contributed by atoms with Crippen molar-refractivity contribution < 1.29 is 0 Å². The van der Waals surface area contributed by atoms with Gasteiger partial charge in [-0.3, -0.25) is 9.36 Å². The molecule has 2 rings (SSSR count). The number of hydrogen-bond acceptors (Lipinski definition) is 3. The molecule has 0 spiro atoms. The van der Waals surface area contributed by atoms with Gasteiger partial charge in [-0.2, -0.15) is 10.2 Å². The molecule has 0 saturated heterocycles. The maximum absolute atomic E-state index is 5.68. The van der Waals surface area contributed by atoms with Crippen molar-refractivity contribution in [3.63, 3.8) is 0 Å². The fraction of sp³-hybridized carbons (Fsp3) is 0.400. The highest BCUT2D eigenvalue weighted by Gasteiger charge is 2.06. The normalized spacial score (nSPS) is 10.9. The van der Waals surface area contributed by atoms with Gasteiger partial charge in [0.1, 0.15) is 5.82 Å². The number of nitrogens with zero attached hydrogens (tertiary/aromatic N) is 4. The van der Waals surface area contributed by atoms with Crippen molar-refractivity contribution >= 4 is 5.82 Å². The van der Waals surface area contributed by atoms with Crippen LogP contribution < -0.4 is 5.73 Å². The van der Waals surface area contributed by atoms with Crippen molar-refractivity contribution in [3.05, 3.63) is 29.2 Å². The molecule has 2 aromatic rings. The Labute approximate surface area is 88.5 Å². The Morgan fingerprint density at radius 3 is 2.47 bits per heavy atom. The number of hydrogen-bond donors (Lipinski definition) is 1. The minimum atomic E-state index is 0.594. The van der Waals surface area contributed by atoms with E-state index in [9.17, 15) is 0 Å². The molecule has 0 aliphatic heterocycles. The van der Waals surface area contributed by atoms with Crippen LogP contribution in [0.5, 0.6) is 0 Å². The quantitative estimate of drug-likeness (QED) is 0.791. The second-order valence-corrected chi connectivity index (χ2v) is 3.81. The van der Waals surface area contributed by atoms with E-state index in [0.29, 0.717) is 5.82 Å². The Kier molecular flexibility index (Phi) is 2.22. The monoisotopic (exact) mass is 205 g/mol. The minimum absolute atomic E-state index is 0.594. The van der Waals surface area contributed by atoms with E-state index in [1.165, 1.54) is 5.56 Å². The van der Waals surface area contributed by atoms with Crippen LogP contribution in [0.2, 0.25) is 0 Å². The zero-order valence-electron chi connectivity index (χ0n) is 9.23. The average molecular weight is 205 g/mol. The van der Waals surface area contributed by atoms with Gasteiger partial charge < -0.3 is 5.73 Å². The molecular formula is C10H15N5. The van der Waals surface area contributed by atoms with E-state index >= 15 is 0 Å². The molecular weight excluding hydrogens is 190 g/mol. The number of nitrogen functional groups attached to an aromatic ring is 1. The van der Waals surface area contributed by atoms with Crippen LogP contribution in [0.4, 0.5) is 5.82 Å². The Morgan fingerprint density at radius 1 is 1.27 bits per heavy atom. The van der Waals surface area contributed by atoms with Gasteiger partial charge in [0.2, 0.25) is 0 Å². The van der Waals surface area contributed by atoms with Crippen molar-refractivity contribution in [2.24, 2.45) is 7.05 Å². The molecule has 2 heterocycles. The fourth-order valence-corrected chi connectivity index (χ4v) is 1.60. The molecule has 15 heavy (non-hydrogen) atoms. The van der Waals surface area contributed by atoms with Gasteiger partial charge in [-0.05, 0) is 13.8 Å². The minimum Gasteiger partial charge on any atom is -0.382 e. The van der Waals surface area contributed by atoms with Gasteiger partial charge in [0.25, 0.3) is 0 Å². The smallest absolute Gasteiger partial charge is 0.148 e. The van der Waals surface area contributed by atoms with Gasteiger partial charge >= 0.3 is 0 Å². The molecule has 80 valence electrons. The van der Waals surface area contributed by atoms with E-state index in [1.807, 2.05) is 42.7 Å². The van der Waals surface area contributed by atoms with Crippen molar-refractivity contribution in [3.8, 4) is 0 Å². The molecule has 0 aliphatic carbocycles. The summed E-state index contributed by atoms with van der Waals surface area (Å²) >= 11 is 0. The summed E-state index contributed by atoms with van der Waals surface area (Å²) < 4.78 is 3.65. The van der Waals surface area contributed by atoms with Crippen LogP contribution in [0.15, 0.2) is 12.4 Å². The lowest BCUT2D eigenvalue weighted by molar-refractivity contribution is 0.686. The van der Waals surface area contributed by atoms with Gasteiger partial charge in [0.05, 0.1) is 12.2 Å². The standard InChI is InChI=1S/C10H15N5/c1-7-4-15(13-10(7)11)6-9-5-14(3)12-8(9)2/h4-5H,6H2,1-3H3,(H2,11,13). The summed E-state index contributed by atoms with van der Waals surface area (Å²) in [5, 5.41) is 8.49. The topological polar surface area (TPSA) is 61.7 Å². The first-order valence-corrected chi connectivity index (χ1v) is 4.85. The third-order valence-corrected chi connectivity index (χ3v) is 2.43. The summed E-state index contributed by atoms with van der Waals surface area (Å²) in [4.78, 5) is 0. The number of rotatable bonds is 2. The highest BCUT2D eigenvalue weighted by atomic mass is 15.3. The number of aromatic nitrogens is 4. The Morgan fingerprint density at radius 2 is 2.00 bits per heavy atom. The van der Waals surface area contributed by atoms with Crippen molar-refractivity contribution in [2.45, 2.75) is 20.4 Å². The van der Waals surface area contributed by atoms with Crippen LogP contribution in [-0.4, -0.2) is 19.6 Å². The van der Waals surface area contributed by atoms with Crippen molar-refractivity contribution in [1.82, 2.24) is 19.6 Å². The molecule has 2 N–H and O–H groups in total. The summed E-state index contributed by atoms with van der Waals surface area (Å²) in [6, 6.07) is 0. The predicted molar refractivity (Wildman–Crippen MR) is 58.4 cm³/mol. The molecule has 0 aromatic carbocycles. The Balaban J connectivity index is 2.25. The molecule has 0 radical (unpaired) electrons. The Bertz CT molecular complexity index is 460. The van der Waals surface area contributed by atoms with Crippen LogP contribution in [0.1, 0.15) is 16.8 Å². The first-order chi connectivity index (χ1) is 7.06. The highest BCUT2D eigenvalue weighted by Crippen LogP contribution is 2.10. The molecule has 5 heteroatoms. The second-order valence-electron chi connectivity index (χ2n) is 3.81. The van der Waals surface area contributed by atoms with Crippen LogP contribution in [0.25, 0.3) is 0 Å². The largest absolute Gasteiger partial charge is 0.382 e. The second kappa shape index (κ2) is 3.42. The molecule has 0 fully saturated rings. The Hall–Kier alpha value is -1.78. The predicted octanol–water partition coefficient (Wildman–Crippen LogP) is 0.864. The van der Waals surface area contributed by atoms with Gasteiger partial charge in [0.15, 0.2) is 0 Å². The first kappa shape index (κ1) is 9.76. The van der Waals surface area contributed by atoms with E-state index in [0.717, 1.165) is 17.8 Å². The molecule has 0 aliphatic rings. The fourth-order valence-electron chi connectivity index (χ4n) is 1.60. The molecule has 2 aromatic heterocycles.